The number of nitrogens with one attached hydrogen (secondary N) is 2. The molecule has 2 N–H and O–H groups in total. The average Bonchev–Trinajstić information content (AvgIpc) is 2.53. The molecule has 0 amide bonds. The summed E-state index contributed by atoms with van der Waals surface area (Å²) in [6, 6.07) is 8.96. The third-order valence-corrected chi connectivity index (χ3v) is 3.42. The third-order valence-electron chi connectivity index (χ3n) is 3.42. The molecule has 128 valence electrons. The smallest absolute Gasteiger partial charge is 0.337 e. The third kappa shape index (κ3) is 5.22. The second kappa shape index (κ2) is 8.29. The van der Waals surface area contributed by atoms with Crippen LogP contribution in [-0.2, 0) is 4.74 Å². The van der Waals surface area contributed by atoms with Crippen molar-refractivity contribution in [3.63, 3.8) is 0 Å². The van der Waals surface area contributed by atoms with Gasteiger partial charge in [0.2, 0.25) is 5.95 Å². The number of nitrogens with zero attached hydrogens (tertiary/aromatic N) is 2. The van der Waals surface area contributed by atoms with Gasteiger partial charge in [-0.15, -0.1) is 0 Å². The van der Waals surface area contributed by atoms with E-state index in [2.05, 4.69) is 34.4 Å². The predicted octanol–water partition coefficient (Wildman–Crippen LogP) is 3.77. The lowest BCUT2D eigenvalue weighted by Gasteiger charge is -2.11. The molecule has 0 aliphatic carbocycles. The second-order valence-corrected chi connectivity index (χ2v) is 6.02. The van der Waals surface area contributed by atoms with Gasteiger partial charge in [0.1, 0.15) is 5.82 Å². The Morgan fingerprint density at radius 1 is 1.25 bits per heavy atom. The first-order valence-electron chi connectivity index (χ1n) is 8.03. The Morgan fingerprint density at radius 3 is 2.75 bits per heavy atom. The maximum Gasteiger partial charge on any atom is 0.337 e. The van der Waals surface area contributed by atoms with Gasteiger partial charge in [0, 0.05) is 24.0 Å². The van der Waals surface area contributed by atoms with Gasteiger partial charge >= 0.3 is 5.97 Å². The molecule has 0 fully saturated rings. The fraction of sp³-hybridized carbons (Fsp3) is 0.389. The second-order valence-electron chi connectivity index (χ2n) is 6.02. The molecule has 0 bridgehead atoms. The van der Waals surface area contributed by atoms with Crippen molar-refractivity contribution in [2.75, 3.05) is 24.3 Å². The van der Waals surface area contributed by atoms with E-state index in [0.717, 1.165) is 30.2 Å². The number of methoxy groups -OCH3 is 1. The minimum Gasteiger partial charge on any atom is -0.465 e. The molecule has 0 aliphatic rings. The molecular formula is C18H24N4O2. The number of aryl methyl sites for hydroxylation is 1. The zero-order chi connectivity index (χ0) is 17.5. The Balaban J connectivity index is 2.12. The lowest BCUT2D eigenvalue weighted by atomic mass is 10.1. The van der Waals surface area contributed by atoms with E-state index in [4.69, 9.17) is 4.74 Å². The van der Waals surface area contributed by atoms with E-state index < -0.39 is 0 Å². The fourth-order valence-electron chi connectivity index (χ4n) is 2.17. The number of anilines is 3. The van der Waals surface area contributed by atoms with Crippen LogP contribution in [0.5, 0.6) is 0 Å². The van der Waals surface area contributed by atoms with Crippen molar-refractivity contribution in [3.05, 3.63) is 41.6 Å². The van der Waals surface area contributed by atoms with Gasteiger partial charge in [0.05, 0.1) is 12.7 Å². The number of hydrogen-bond donors (Lipinski definition) is 2. The van der Waals surface area contributed by atoms with E-state index >= 15 is 0 Å². The van der Waals surface area contributed by atoms with E-state index in [1.807, 2.05) is 19.1 Å². The Hall–Kier alpha value is -2.63. The van der Waals surface area contributed by atoms with Crippen molar-refractivity contribution < 1.29 is 9.53 Å². The summed E-state index contributed by atoms with van der Waals surface area (Å²) < 4.78 is 4.74. The zero-order valence-electron chi connectivity index (χ0n) is 14.6. The van der Waals surface area contributed by atoms with E-state index in [1.165, 1.54) is 7.11 Å². The number of carbonyl (C=O) groups is 1. The Kier molecular flexibility index (Phi) is 6.12. The molecule has 0 saturated carbocycles. The molecule has 24 heavy (non-hydrogen) atoms. The number of ether oxygens (including phenoxy) is 1. The molecule has 1 aromatic heterocycles. The summed E-state index contributed by atoms with van der Waals surface area (Å²) in [7, 11) is 1.36. The number of rotatable bonds is 7. The zero-order valence-corrected chi connectivity index (χ0v) is 14.6. The van der Waals surface area contributed by atoms with Crippen LogP contribution in [0.4, 0.5) is 17.5 Å². The summed E-state index contributed by atoms with van der Waals surface area (Å²) in [5.74, 6) is 1.54. The molecule has 2 aromatic rings. The highest BCUT2D eigenvalue weighted by molar-refractivity contribution is 5.90. The summed E-state index contributed by atoms with van der Waals surface area (Å²) in [6.45, 7) is 7.17. The maximum absolute atomic E-state index is 11.6. The van der Waals surface area contributed by atoms with Crippen LogP contribution in [0, 0.1) is 12.8 Å². The van der Waals surface area contributed by atoms with Crippen molar-refractivity contribution in [2.24, 2.45) is 5.92 Å². The number of hydrogen-bond acceptors (Lipinski definition) is 6. The summed E-state index contributed by atoms with van der Waals surface area (Å²) in [5, 5.41) is 6.45. The molecule has 2 rings (SSSR count). The topological polar surface area (TPSA) is 76.1 Å². The fourth-order valence-corrected chi connectivity index (χ4v) is 2.17. The molecule has 0 aliphatic heterocycles. The van der Waals surface area contributed by atoms with Crippen LogP contribution in [0.25, 0.3) is 0 Å². The van der Waals surface area contributed by atoms with E-state index in [9.17, 15) is 4.79 Å². The monoisotopic (exact) mass is 328 g/mol. The number of benzene rings is 1. The predicted molar refractivity (Wildman–Crippen MR) is 95.8 cm³/mol. The molecule has 6 nitrogen and oxygen atoms in total. The molecule has 0 unspecified atom stereocenters. The highest BCUT2D eigenvalue weighted by Gasteiger charge is 2.07. The van der Waals surface area contributed by atoms with Gasteiger partial charge in [-0.25, -0.2) is 9.78 Å². The van der Waals surface area contributed by atoms with Crippen LogP contribution in [0.1, 0.15) is 36.3 Å². The van der Waals surface area contributed by atoms with Gasteiger partial charge in [0.25, 0.3) is 0 Å². The first kappa shape index (κ1) is 17.7. The Labute approximate surface area is 142 Å². The first-order chi connectivity index (χ1) is 11.5. The lowest BCUT2D eigenvalue weighted by Crippen LogP contribution is -2.08. The van der Waals surface area contributed by atoms with Gasteiger partial charge in [0.15, 0.2) is 0 Å². The molecule has 0 saturated heterocycles. The number of esters is 1. The largest absolute Gasteiger partial charge is 0.465 e. The van der Waals surface area contributed by atoms with Crippen LogP contribution in [0.15, 0.2) is 30.3 Å². The van der Waals surface area contributed by atoms with Crippen LogP contribution in [0.2, 0.25) is 0 Å². The van der Waals surface area contributed by atoms with Crippen molar-refractivity contribution >= 4 is 23.4 Å². The SMILES string of the molecule is COC(=O)c1cccc(Nc2nc(C)cc(NCCC(C)C)n2)c1. The molecule has 0 spiro atoms. The van der Waals surface area contributed by atoms with Gasteiger partial charge in [-0.3, -0.25) is 0 Å². The minimum absolute atomic E-state index is 0.375. The molecular weight excluding hydrogens is 304 g/mol. The van der Waals surface area contributed by atoms with Gasteiger partial charge < -0.3 is 15.4 Å². The Morgan fingerprint density at radius 2 is 2.04 bits per heavy atom. The van der Waals surface area contributed by atoms with Crippen LogP contribution in [-0.4, -0.2) is 29.6 Å². The van der Waals surface area contributed by atoms with E-state index in [-0.39, 0.29) is 5.97 Å². The highest BCUT2D eigenvalue weighted by atomic mass is 16.5. The normalized spacial score (nSPS) is 10.5. The van der Waals surface area contributed by atoms with E-state index in [1.54, 1.807) is 18.2 Å². The quantitative estimate of drug-likeness (QED) is 0.753. The van der Waals surface area contributed by atoms with Gasteiger partial charge in [-0.1, -0.05) is 19.9 Å². The summed E-state index contributed by atoms with van der Waals surface area (Å²) in [5.41, 5.74) is 2.07. The first-order valence-corrected chi connectivity index (χ1v) is 8.03. The molecule has 0 radical (unpaired) electrons. The van der Waals surface area contributed by atoms with Crippen LogP contribution < -0.4 is 10.6 Å². The molecule has 1 heterocycles. The summed E-state index contributed by atoms with van der Waals surface area (Å²) in [6.07, 6.45) is 1.08. The van der Waals surface area contributed by atoms with Crippen molar-refractivity contribution in [1.29, 1.82) is 0 Å². The number of carbonyl (C=O) groups excluding carboxylic acids is 1. The van der Waals surface area contributed by atoms with Crippen molar-refractivity contribution in [2.45, 2.75) is 27.2 Å². The molecule has 1 aromatic carbocycles. The van der Waals surface area contributed by atoms with Gasteiger partial charge in [-0.2, -0.15) is 4.98 Å². The Bertz CT molecular complexity index is 701. The lowest BCUT2D eigenvalue weighted by molar-refractivity contribution is 0.0601. The van der Waals surface area contributed by atoms with Crippen molar-refractivity contribution in [1.82, 2.24) is 9.97 Å². The number of aromatic nitrogens is 2. The maximum atomic E-state index is 11.6. The van der Waals surface area contributed by atoms with Crippen LogP contribution >= 0.6 is 0 Å². The molecule has 6 heteroatoms. The average molecular weight is 328 g/mol. The standard InChI is InChI=1S/C18H24N4O2/c1-12(2)8-9-19-16-10-13(3)20-18(22-16)21-15-7-5-6-14(11-15)17(23)24-4/h5-7,10-12H,8-9H2,1-4H3,(H2,19,20,21,22). The minimum atomic E-state index is -0.375. The summed E-state index contributed by atoms with van der Waals surface area (Å²) in [4.78, 5) is 20.5. The van der Waals surface area contributed by atoms with Crippen LogP contribution in [0.3, 0.4) is 0 Å². The van der Waals surface area contributed by atoms with Crippen molar-refractivity contribution in [3.8, 4) is 0 Å². The van der Waals surface area contributed by atoms with Gasteiger partial charge in [-0.05, 0) is 37.5 Å². The summed E-state index contributed by atoms with van der Waals surface area (Å²) >= 11 is 0. The molecule has 0 atom stereocenters. The highest BCUT2D eigenvalue weighted by Crippen LogP contribution is 2.18. The van der Waals surface area contributed by atoms with E-state index in [0.29, 0.717) is 17.4 Å².